The fourth-order valence-corrected chi connectivity index (χ4v) is 4.82. The summed E-state index contributed by atoms with van der Waals surface area (Å²) in [6.45, 7) is 9.62. The zero-order valence-corrected chi connectivity index (χ0v) is 26.5. The van der Waals surface area contributed by atoms with Gasteiger partial charge in [0.1, 0.15) is 11.4 Å². The van der Waals surface area contributed by atoms with Gasteiger partial charge in [-0.25, -0.2) is 17.9 Å². The van der Waals surface area contributed by atoms with Gasteiger partial charge >= 0.3 is 6.09 Å². The normalized spacial score (nSPS) is 12.5. The first-order valence-electron chi connectivity index (χ1n) is 14.2. The van der Waals surface area contributed by atoms with Gasteiger partial charge in [-0.05, 0) is 81.8 Å². The summed E-state index contributed by atoms with van der Waals surface area (Å²) in [5, 5.41) is 10.8. The zero-order valence-electron chi connectivity index (χ0n) is 25.7. The Morgan fingerprint density at radius 1 is 0.953 bits per heavy atom. The van der Waals surface area contributed by atoms with Crippen molar-refractivity contribution in [1.82, 2.24) is 9.62 Å². The summed E-state index contributed by atoms with van der Waals surface area (Å²) in [5.74, 6) is -0.464. The maximum atomic E-state index is 12.9. The number of hydrogen-bond acceptors (Lipinski definition) is 7. The Bertz CT molecular complexity index is 1480. The molecule has 3 aromatic rings. The summed E-state index contributed by atoms with van der Waals surface area (Å²) >= 11 is 0. The van der Waals surface area contributed by atoms with Gasteiger partial charge in [0.05, 0.1) is 30.6 Å². The van der Waals surface area contributed by atoms with Crippen molar-refractivity contribution in [2.45, 2.75) is 65.3 Å². The first kappa shape index (κ1) is 33.6. The van der Waals surface area contributed by atoms with Crippen LogP contribution in [0.25, 0.3) is 11.1 Å². The number of aryl methyl sites for hydroxylation is 1. The molecule has 0 aliphatic carbocycles. The van der Waals surface area contributed by atoms with Gasteiger partial charge in [-0.15, -0.1) is 0 Å². The van der Waals surface area contributed by atoms with Crippen molar-refractivity contribution in [2.75, 3.05) is 19.3 Å². The fraction of sp³-hybridized carbons (Fsp3) is 0.394. The lowest BCUT2D eigenvalue weighted by Crippen LogP contribution is -2.40. The van der Waals surface area contributed by atoms with Crippen LogP contribution in [0.3, 0.4) is 0 Å². The lowest BCUT2D eigenvalue weighted by molar-refractivity contribution is 0.0142. The van der Waals surface area contributed by atoms with E-state index in [0.29, 0.717) is 19.4 Å². The zero-order chi connectivity index (χ0) is 31.8. The van der Waals surface area contributed by atoms with E-state index in [4.69, 9.17) is 9.47 Å². The quantitative estimate of drug-likeness (QED) is 0.268. The van der Waals surface area contributed by atoms with E-state index in [1.165, 1.54) is 0 Å². The van der Waals surface area contributed by atoms with Gasteiger partial charge in [-0.3, -0.25) is 4.79 Å². The molecule has 0 spiro atoms. The Morgan fingerprint density at radius 2 is 1.58 bits per heavy atom. The highest BCUT2D eigenvalue weighted by Crippen LogP contribution is 2.29. The van der Waals surface area contributed by atoms with Gasteiger partial charge < -0.3 is 19.5 Å². The largest absolute Gasteiger partial charge is 0.490 e. The third kappa shape index (κ3) is 11.0. The fourth-order valence-electron chi connectivity index (χ4n) is 4.38. The molecular weight excluding hydrogens is 568 g/mol. The minimum absolute atomic E-state index is 0.122. The Balaban J connectivity index is 1.70. The predicted molar refractivity (Wildman–Crippen MR) is 167 cm³/mol. The van der Waals surface area contributed by atoms with Crippen LogP contribution in [0.1, 0.15) is 68.6 Å². The molecule has 2 amide bonds. The number of nitrogens with one attached hydrogen (secondary N) is 1. The third-order valence-corrected chi connectivity index (χ3v) is 6.83. The van der Waals surface area contributed by atoms with E-state index in [-0.39, 0.29) is 24.0 Å². The van der Waals surface area contributed by atoms with Crippen molar-refractivity contribution in [3.63, 3.8) is 0 Å². The first-order chi connectivity index (χ1) is 20.1. The molecule has 10 heteroatoms. The minimum atomic E-state index is -3.73. The van der Waals surface area contributed by atoms with Gasteiger partial charge in [0.25, 0.3) is 5.91 Å². The van der Waals surface area contributed by atoms with Crippen LogP contribution in [0, 0.1) is 0 Å². The molecule has 0 fully saturated rings. The average Bonchev–Trinajstić information content (AvgIpc) is 2.91. The molecule has 0 heterocycles. The first-order valence-corrected chi connectivity index (χ1v) is 16.1. The smallest absolute Gasteiger partial charge is 0.410 e. The number of ether oxygens (including phenoxy) is 2. The van der Waals surface area contributed by atoms with Crippen molar-refractivity contribution < 1.29 is 32.6 Å². The lowest BCUT2D eigenvalue weighted by Gasteiger charge is -2.29. The van der Waals surface area contributed by atoms with Crippen LogP contribution in [0.2, 0.25) is 0 Å². The summed E-state index contributed by atoms with van der Waals surface area (Å²) in [4.78, 5) is 27.0. The van der Waals surface area contributed by atoms with E-state index in [1.807, 2.05) is 93.9 Å². The van der Waals surface area contributed by atoms with Crippen molar-refractivity contribution in [2.24, 2.45) is 0 Å². The maximum Gasteiger partial charge on any atom is 0.410 e. The number of carbonyl (C=O) groups excluding carboxylic acids is 2. The standard InChI is InChI=1S/C33H42N2O7S/c1-23(2)41-30-21-27(18-19-28(30)31(37)34-43(6,39)40)25-16-14-24(15-17-25)11-10-20-35(32(38)42-33(3,4)5)22-29(36)26-12-8-7-9-13-26/h7-9,12-19,21,23,29,36H,10-11,20,22H2,1-6H3,(H,34,37)/t29-/m0/s1. The number of aliphatic hydroxyl groups is 1. The molecule has 3 aromatic carbocycles. The summed E-state index contributed by atoms with van der Waals surface area (Å²) in [5.41, 5.74) is 2.99. The van der Waals surface area contributed by atoms with E-state index >= 15 is 0 Å². The Hall–Kier alpha value is -3.89. The van der Waals surface area contributed by atoms with Crippen LogP contribution in [0.5, 0.6) is 5.75 Å². The minimum Gasteiger partial charge on any atom is -0.490 e. The average molecular weight is 611 g/mol. The number of amides is 2. The topological polar surface area (TPSA) is 122 Å². The highest BCUT2D eigenvalue weighted by atomic mass is 32.2. The second-order valence-corrected chi connectivity index (χ2v) is 13.5. The van der Waals surface area contributed by atoms with Gasteiger partial charge in [0.15, 0.2) is 0 Å². The molecule has 3 rings (SSSR count). The van der Waals surface area contributed by atoms with Gasteiger partial charge in [0.2, 0.25) is 10.0 Å². The second kappa shape index (κ2) is 14.5. The van der Waals surface area contributed by atoms with E-state index in [2.05, 4.69) is 0 Å². The molecule has 9 nitrogen and oxygen atoms in total. The Kier molecular flexibility index (Phi) is 11.4. The molecule has 43 heavy (non-hydrogen) atoms. The number of rotatable bonds is 12. The van der Waals surface area contributed by atoms with Crippen molar-refractivity contribution in [1.29, 1.82) is 0 Å². The van der Waals surface area contributed by atoms with E-state index in [9.17, 15) is 23.1 Å². The molecule has 0 bridgehead atoms. The molecule has 0 aliphatic heterocycles. The molecule has 0 radical (unpaired) electrons. The molecule has 0 aliphatic rings. The van der Waals surface area contributed by atoms with Crippen LogP contribution >= 0.6 is 0 Å². The van der Waals surface area contributed by atoms with Crippen LogP contribution in [0.4, 0.5) is 4.79 Å². The molecule has 0 saturated heterocycles. The number of nitrogens with zero attached hydrogens (tertiary/aromatic N) is 1. The highest BCUT2D eigenvalue weighted by molar-refractivity contribution is 7.89. The number of aliphatic hydroxyl groups excluding tert-OH is 1. The number of hydrogen-bond donors (Lipinski definition) is 2. The van der Waals surface area contributed by atoms with Crippen LogP contribution in [-0.4, -0.2) is 61.5 Å². The molecule has 1 atom stereocenters. The molecule has 2 N–H and O–H groups in total. The third-order valence-electron chi connectivity index (χ3n) is 6.28. The number of sulfonamides is 1. The van der Waals surface area contributed by atoms with Crippen molar-refractivity contribution in [3.05, 3.63) is 89.5 Å². The summed E-state index contributed by atoms with van der Waals surface area (Å²) < 4.78 is 36.5. The highest BCUT2D eigenvalue weighted by Gasteiger charge is 2.24. The van der Waals surface area contributed by atoms with E-state index in [1.54, 1.807) is 23.1 Å². The summed E-state index contributed by atoms with van der Waals surface area (Å²) in [7, 11) is -3.73. The van der Waals surface area contributed by atoms with E-state index in [0.717, 1.165) is 28.5 Å². The Labute approximate surface area is 254 Å². The molecule has 0 aromatic heterocycles. The lowest BCUT2D eigenvalue weighted by atomic mass is 10.00. The molecular formula is C33H42N2O7S. The van der Waals surface area contributed by atoms with Crippen molar-refractivity contribution in [3.8, 4) is 16.9 Å². The second-order valence-electron chi connectivity index (χ2n) is 11.7. The number of benzene rings is 3. The Morgan fingerprint density at radius 3 is 2.16 bits per heavy atom. The van der Waals surface area contributed by atoms with Crippen LogP contribution in [0.15, 0.2) is 72.8 Å². The SMILES string of the molecule is CC(C)Oc1cc(-c2ccc(CCCN(C[C@H](O)c3ccccc3)C(=O)OC(C)(C)C)cc2)ccc1C(=O)NS(C)(=O)=O. The summed E-state index contributed by atoms with van der Waals surface area (Å²) in [6.07, 6.45) is 0.764. The molecule has 232 valence electrons. The molecule has 0 saturated carbocycles. The molecule has 0 unspecified atom stereocenters. The number of carbonyl (C=O) groups is 2. The van der Waals surface area contributed by atoms with Gasteiger partial charge in [0, 0.05) is 6.54 Å². The van der Waals surface area contributed by atoms with Crippen molar-refractivity contribution >= 4 is 22.0 Å². The van der Waals surface area contributed by atoms with Gasteiger partial charge in [-0.1, -0.05) is 60.7 Å². The van der Waals surface area contributed by atoms with E-state index < -0.39 is 33.7 Å². The van der Waals surface area contributed by atoms with Crippen LogP contribution in [-0.2, 0) is 21.2 Å². The van der Waals surface area contributed by atoms with Crippen LogP contribution < -0.4 is 9.46 Å². The summed E-state index contributed by atoms with van der Waals surface area (Å²) in [6, 6.07) is 22.2. The van der Waals surface area contributed by atoms with Gasteiger partial charge in [-0.2, -0.15) is 0 Å². The predicted octanol–water partition coefficient (Wildman–Crippen LogP) is 5.73. The monoisotopic (exact) mass is 610 g/mol. The maximum absolute atomic E-state index is 12.9.